The Labute approximate surface area is 117 Å². The summed E-state index contributed by atoms with van der Waals surface area (Å²) in [6, 6.07) is 7.40. The zero-order valence-electron chi connectivity index (χ0n) is 11.3. The maximum Gasteiger partial charge on any atom is 0.156 e. The number of rotatable bonds is 2. The molecule has 0 amide bonds. The van der Waals surface area contributed by atoms with Crippen LogP contribution in [-0.2, 0) is 9.53 Å². The summed E-state index contributed by atoms with van der Waals surface area (Å²) in [5.41, 5.74) is 2.47. The summed E-state index contributed by atoms with van der Waals surface area (Å²) in [4.78, 5) is 22.3. The number of hydrogen-bond donors (Lipinski definition) is 0. The molecular formula is C17H16O3. The molecule has 3 rings (SSSR count). The van der Waals surface area contributed by atoms with Crippen molar-refractivity contribution in [3.05, 3.63) is 53.1 Å². The lowest BCUT2D eigenvalue weighted by Crippen LogP contribution is -2.34. The van der Waals surface area contributed by atoms with Crippen molar-refractivity contribution in [2.75, 3.05) is 6.61 Å². The average molecular weight is 268 g/mol. The van der Waals surface area contributed by atoms with Crippen molar-refractivity contribution in [2.45, 2.75) is 18.9 Å². The molecule has 1 aromatic rings. The lowest BCUT2D eigenvalue weighted by molar-refractivity contribution is -0.117. The minimum atomic E-state index is -0.359. The van der Waals surface area contributed by atoms with Crippen LogP contribution in [0.4, 0.5) is 0 Å². The van der Waals surface area contributed by atoms with Crippen molar-refractivity contribution in [1.29, 1.82) is 0 Å². The Kier molecular flexibility index (Phi) is 3.14. The van der Waals surface area contributed by atoms with E-state index in [1.54, 1.807) is 18.2 Å². The van der Waals surface area contributed by atoms with Crippen molar-refractivity contribution in [3.63, 3.8) is 0 Å². The Balaban J connectivity index is 1.90. The van der Waals surface area contributed by atoms with Crippen LogP contribution in [0.25, 0.3) is 6.08 Å². The molecule has 1 aliphatic carbocycles. The summed E-state index contributed by atoms with van der Waals surface area (Å²) >= 11 is 0. The van der Waals surface area contributed by atoms with E-state index in [2.05, 4.69) is 6.08 Å². The predicted molar refractivity (Wildman–Crippen MR) is 76.4 cm³/mol. The van der Waals surface area contributed by atoms with E-state index in [1.165, 1.54) is 0 Å². The first-order valence-corrected chi connectivity index (χ1v) is 6.72. The third-order valence-corrected chi connectivity index (χ3v) is 4.12. The van der Waals surface area contributed by atoms with Crippen LogP contribution >= 0.6 is 0 Å². The summed E-state index contributed by atoms with van der Waals surface area (Å²) < 4.78 is 5.86. The van der Waals surface area contributed by atoms with Crippen LogP contribution in [-0.4, -0.2) is 24.3 Å². The molecule has 0 unspecified atom stereocenters. The molecule has 3 heteroatoms. The molecule has 0 N–H and O–H groups in total. The van der Waals surface area contributed by atoms with Crippen LogP contribution in [0, 0.1) is 5.92 Å². The Morgan fingerprint density at radius 2 is 1.95 bits per heavy atom. The number of benzene rings is 1. The minimum Gasteiger partial charge on any atom is -0.366 e. The summed E-state index contributed by atoms with van der Waals surface area (Å²) in [5.74, 6) is 0.269. The fourth-order valence-electron chi connectivity index (χ4n) is 2.86. The van der Waals surface area contributed by atoms with Gasteiger partial charge in [0.05, 0.1) is 12.2 Å². The largest absolute Gasteiger partial charge is 0.366 e. The number of aldehydes is 1. The monoisotopic (exact) mass is 268 g/mol. The van der Waals surface area contributed by atoms with Gasteiger partial charge in [-0.1, -0.05) is 30.3 Å². The number of fused-ring (bicyclic) bond motifs is 1. The third-order valence-electron chi connectivity index (χ3n) is 4.12. The van der Waals surface area contributed by atoms with E-state index in [0.29, 0.717) is 18.6 Å². The first-order valence-electron chi connectivity index (χ1n) is 6.72. The second-order valence-corrected chi connectivity index (χ2v) is 5.53. The molecule has 0 aromatic heterocycles. The fraction of sp³-hybridized carbons (Fsp3) is 0.294. The van der Waals surface area contributed by atoms with Crippen molar-refractivity contribution >= 4 is 18.1 Å². The molecule has 0 saturated carbocycles. The van der Waals surface area contributed by atoms with Gasteiger partial charge in [0.2, 0.25) is 0 Å². The highest BCUT2D eigenvalue weighted by Crippen LogP contribution is 2.42. The van der Waals surface area contributed by atoms with Gasteiger partial charge in [-0.15, -0.1) is 0 Å². The number of hydrogen-bond acceptors (Lipinski definition) is 3. The Bertz CT molecular complexity index is 610. The third kappa shape index (κ3) is 2.25. The van der Waals surface area contributed by atoms with E-state index in [4.69, 9.17) is 4.74 Å². The highest BCUT2D eigenvalue weighted by Gasteiger charge is 2.44. The van der Waals surface area contributed by atoms with Crippen LogP contribution < -0.4 is 0 Å². The standard InChI is InChI=1S/C17H16O3/c1-17-7-6-15(19)9-16(17)14(11-20-17)8-12-2-4-13(10-18)5-3-12/h2-8,10,16H,9,11H2,1H3/b14-8-/t16-,17-/m0/s1. The maximum atomic E-state index is 11.6. The van der Waals surface area contributed by atoms with Crippen molar-refractivity contribution in [2.24, 2.45) is 5.92 Å². The van der Waals surface area contributed by atoms with Gasteiger partial charge in [-0.2, -0.15) is 0 Å². The van der Waals surface area contributed by atoms with E-state index in [1.807, 2.05) is 25.1 Å². The highest BCUT2D eigenvalue weighted by atomic mass is 16.5. The van der Waals surface area contributed by atoms with Crippen molar-refractivity contribution < 1.29 is 14.3 Å². The number of ether oxygens (including phenoxy) is 1. The molecule has 1 aliphatic heterocycles. The second kappa shape index (κ2) is 4.84. The maximum absolute atomic E-state index is 11.6. The minimum absolute atomic E-state index is 0.116. The lowest BCUT2D eigenvalue weighted by Gasteiger charge is -2.29. The average Bonchev–Trinajstić information content (AvgIpc) is 2.77. The van der Waals surface area contributed by atoms with Gasteiger partial charge in [-0.3, -0.25) is 9.59 Å². The Hall–Kier alpha value is -2.00. The van der Waals surface area contributed by atoms with Crippen LogP contribution in [0.3, 0.4) is 0 Å². The summed E-state index contributed by atoms with van der Waals surface area (Å²) in [5, 5.41) is 0. The molecule has 20 heavy (non-hydrogen) atoms. The van der Waals surface area contributed by atoms with E-state index >= 15 is 0 Å². The highest BCUT2D eigenvalue weighted by molar-refractivity contribution is 5.92. The topological polar surface area (TPSA) is 43.4 Å². The van der Waals surface area contributed by atoms with Gasteiger partial charge in [-0.05, 0) is 30.2 Å². The molecule has 1 heterocycles. The van der Waals surface area contributed by atoms with E-state index < -0.39 is 0 Å². The summed E-state index contributed by atoms with van der Waals surface area (Å²) in [6.45, 7) is 2.57. The lowest BCUT2D eigenvalue weighted by atomic mass is 9.78. The molecule has 1 aromatic carbocycles. The van der Waals surface area contributed by atoms with Crippen LogP contribution in [0.2, 0.25) is 0 Å². The number of allylic oxidation sites excluding steroid dienone is 1. The van der Waals surface area contributed by atoms with Gasteiger partial charge in [-0.25, -0.2) is 0 Å². The van der Waals surface area contributed by atoms with Crippen LogP contribution in [0.1, 0.15) is 29.3 Å². The van der Waals surface area contributed by atoms with Gasteiger partial charge < -0.3 is 4.74 Å². The molecule has 1 saturated heterocycles. The Morgan fingerprint density at radius 3 is 2.65 bits per heavy atom. The number of ketones is 1. The SMILES string of the molecule is C[C@]12C=CC(=O)C[C@H]1/C(=C\c1ccc(C=O)cc1)CO2. The number of carbonyl (C=O) groups excluding carboxylic acids is 2. The quantitative estimate of drug-likeness (QED) is 0.775. The van der Waals surface area contributed by atoms with Crippen LogP contribution in [0.15, 0.2) is 42.0 Å². The van der Waals surface area contributed by atoms with Gasteiger partial charge in [0, 0.05) is 17.9 Å². The molecule has 0 radical (unpaired) electrons. The fourth-order valence-corrected chi connectivity index (χ4v) is 2.86. The van der Waals surface area contributed by atoms with Gasteiger partial charge >= 0.3 is 0 Å². The summed E-state index contributed by atoms with van der Waals surface area (Å²) in [7, 11) is 0. The summed E-state index contributed by atoms with van der Waals surface area (Å²) in [6.07, 6.45) is 6.90. The van der Waals surface area contributed by atoms with E-state index in [-0.39, 0.29) is 17.3 Å². The van der Waals surface area contributed by atoms with E-state index in [0.717, 1.165) is 17.4 Å². The zero-order chi connectivity index (χ0) is 14.2. The molecule has 2 atom stereocenters. The van der Waals surface area contributed by atoms with Crippen molar-refractivity contribution in [3.8, 4) is 0 Å². The predicted octanol–water partition coefficient (Wildman–Crippen LogP) is 2.82. The second-order valence-electron chi connectivity index (χ2n) is 5.53. The zero-order valence-corrected chi connectivity index (χ0v) is 11.3. The van der Waals surface area contributed by atoms with Crippen molar-refractivity contribution in [1.82, 2.24) is 0 Å². The van der Waals surface area contributed by atoms with Gasteiger partial charge in [0.15, 0.2) is 5.78 Å². The molecule has 0 bridgehead atoms. The first kappa shape index (κ1) is 13.0. The molecule has 102 valence electrons. The normalized spacial score (nSPS) is 30.6. The van der Waals surface area contributed by atoms with Gasteiger partial charge in [0.25, 0.3) is 0 Å². The molecule has 0 spiro atoms. The molecule has 3 nitrogen and oxygen atoms in total. The Morgan fingerprint density at radius 1 is 1.25 bits per heavy atom. The van der Waals surface area contributed by atoms with Gasteiger partial charge in [0.1, 0.15) is 6.29 Å². The van der Waals surface area contributed by atoms with Crippen LogP contribution in [0.5, 0.6) is 0 Å². The molecular weight excluding hydrogens is 252 g/mol. The molecule has 1 fully saturated rings. The molecule has 2 aliphatic rings. The first-order chi connectivity index (χ1) is 9.60. The van der Waals surface area contributed by atoms with E-state index in [9.17, 15) is 9.59 Å². The smallest absolute Gasteiger partial charge is 0.156 e. The number of carbonyl (C=O) groups is 2.